The fraction of sp³-hybridized carbons (Fsp3) is 0.267. The molecule has 0 fully saturated rings. The van der Waals surface area contributed by atoms with Crippen molar-refractivity contribution < 1.29 is 5.21 Å². The molecule has 4 nitrogen and oxygen atoms in total. The highest BCUT2D eigenvalue weighted by molar-refractivity contribution is 5.91. The number of unbranched alkanes of at least 4 members (excludes halogenated alkanes) is 6. The first-order valence-electron chi connectivity index (χ1n) is 12.1. The minimum absolute atomic E-state index is 0.695. The number of hydrogen-bond acceptors (Lipinski definition) is 3. The van der Waals surface area contributed by atoms with Gasteiger partial charge in [0.1, 0.15) is 11.4 Å². The van der Waals surface area contributed by atoms with E-state index in [-0.39, 0.29) is 0 Å². The van der Waals surface area contributed by atoms with Crippen molar-refractivity contribution in [1.29, 1.82) is 5.26 Å². The second-order valence-corrected chi connectivity index (χ2v) is 8.24. The Morgan fingerprint density at radius 1 is 0.706 bits per heavy atom. The van der Waals surface area contributed by atoms with Crippen LogP contribution in [0.4, 0.5) is 0 Å². The van der Waals surface area contributed by atoms with Crippen LogP contribution in [0.25, 0.3) is 33.6 Å². The maximum atomic E-state index is 10.5. The van der Waals surface area contributed by atoms with Crippen molar-refractivity contribution in [2.75, 3.05) is 0 Å². The fourth-order valence-electron chi connectivity index (χ4n) is 3.92. The van der Waals surface area contributed by atoms with Crippen molar-refractivity contribution in [3.8, 4) is 39.7 Å². The average Bonchev–Trinajstić information content (AvgIpc) is 3.25. The Morgan fingerprint density at radius 3 is 1.76 bits per heavy atom. The molecule has 0 radical (unpaired) electrons. The van der Waals surface area contributed by atoms with Gasteiger partial charge in [0.25, 0.3) is 0 Å². The fourth-order valence-corrected chi connectivity index (χ4v) is 3.92. The van der Waals surface area contributed by atoms with E-state index in [1.807, 2.05) is 91.0 Å². The molecular weight excluding hydrogens is 418 g/mol. The normalized spacial score (nSPS) is 10.2. The zero-order valence-corrected chi connectivity index (χ0v) is 19.9. The van der Waals surface area contributed by atoms with Crippen LogP contribution in [0.2, 0.25) is 0 Å². The van der Waals surface area contributed by atoms with Gasteiger partial charge in [-0.05, 0) is 12.0 Å². The summed E-state index contributed by atoms with van der Waals surface area (Å²) in [7, 11) is 0. The van der Waals surface area contributed by atoms with Gasteiger partial charge in [-0.15, -0.1) is 9.94 Å². The average molecular weight is 452 g/mol. The summed E-state index contributed by atoms with van der Waals surface area (Å²) in [6.45, 7) is 2.22. The molecule has 4 aromatic rings. The van der Waals surface area contributed by atoms with Crippen LogP contribution in [-0.2, 0) is 0 Å². The summed E-state index contributed by atoms with van der Waals surface area (Å²) >= 11 is 0. The highest BCUT2D eigenvalue weighted by Crippen LogP contribution is 2.39. The maximum Gasteiger partial charge on any atom is 0.118 e. The summed E-state index contributed by atoms with van der Waals surface area (Å²) in [5, 5.41) is 23.1. The third kappa shape index (κ3) is 6.83. The molecule has 4 heteroatoms. The lowest BCUT2D eigenvalue weighted by atomic mass is 9.96. The summed E-state index contributed by atoms with van der Waals surface area (Å²) in [6.07, 6.45) is 8.40. The van der Waals surface area contributed by atoms with Crippen LogP contribution >= 0.6 is 0 Å². The van der Waals surface area contributed by atoms with Crippen LogP contribution in [0.5, 0.6) is 0 Å². The topological polar surface area (TPSA) is 61.8 Å². The Balaban J connectivity index is 0.000000277. The zero-order valence-electron chi connectivity index (χ0n) is 19.9. The van der Waals surface area contributed by atoms with Gasteiger partial charge in [0.15, 0.2) is 0 Å². The Kier molecular flexibility index (Phi) is 9.95. The third-order valence-corrected chi connectivity index (χ3v) is 5.67. The van der Waals surface area contributed by atoms with Crippen molar-refractivity contribution in [2.24, 2.45) is 0 Å². The van der Waals surface area contributed by atoms with Crippen LogP contribution in [0, 0.1) is 11.3 Å². The Morgan fingerprint density at radius 2 is 1.21 bits per heavy atom. The number of aromatic nitrogens is 2. The van der Waals surface area contributed by atoms with Crippen molar-refractivity contribution in [1.82, 2.24) is 9.94 Å². The molecule has 0 unspecified atom stereocenters. The van der Waals surface area contributed by atoms with Crippen molar-refractivity contribution in [3.05, 3.63) is 91.0 Å². The number of benzene rings is 3. The largest absolute Gasteiger partial charge is 0.411 e. The molecule has 0 amide bonds. The van der Waals surface area contributed by atoms with Crippen molar-refractivity contribution in [3.63, 3.8) is 0 Å². The van der Waals surface area contributed by atoms with Crippen LogP contribution in [0.1, 0.15) is 51.9 Å². The molecular formula is C30H33N3O. The van der Waals surface area contributed by atoms with Gasteiger partial charge >= 0.3 is 0 Å². The molecule has 0 spiro atoms. The zero-order chi connectivity index (χ0) is 24.0. The highest BCUT2D eigenvalue weighted by atomic mass is 16.5. The molecule has 1 heterocycles. The molecule has 3 aromatic carbocycles. The predicted octanol–water partition coefficient (Wildman–Crippen LogP) is 8.38. The highest BCUT2D eigenvalue weighted by Gasteiger charge is 2.21. The third-order valence-electron chi connectivity index (χ3n) is 5.67. The second-order valence-electron chi connectivity index (χ2n) is 8.24. The molecule has 0 aliphatic heterocycles. The number of nitriles is 1. The van der Waals surface area contributed by atoms with Gasteiger partial charge in [0.05, 0.1) is 6.07 Å². The van der Waals surface area contributed by atoms with E-state index in [0.717, 1.165) is 45.6 Å². The molecule has 1 aromatic heterocycles. The standard InChI is InChI=1S/C21H16N2O.C9H17N/c24-23-21(18-14-8-3-9-15-18)19(16-10-4-1-5-11-16)20(22-23)17-12-6-2-7-13-17;1-2-3-4-5-6-7-8-9-10/h1-15,24H;2-8H2,1H3. The Hall–Kier alpha value is -3.84. The Labute approximate surface area is 203 Å². The predicted molar refractivity (Wildman–Crippen MR) is 139 cm³/mol. The molecule has 34 heavy (non-hydrogen) atoms. The summed E-state index contributed by atoms with van der Waals surface area (Å²) in [6, 6.07) is 32.0. The monoisotopic (exact) mass is 451 g/mol. The molecule has 0 saturated heterocycles. The van der Waals surface area contributed by atoms with Crippen LogP contribution in [0.15, 0.2) is 91.0 Å². The van der Waals surface area contributed by atoms with E-state index in [1.165, 1.54) is 32.1 Å². The number of nitrogens with zero attached hydrogens (tertiary/aromatic N) is 3. The van der Waals surface area contributed by atoms with Crippen LogP contribution in [0.3, 0.4) is 0 Å². The van der Waals surface area contributed by atoms with Gasteiger partial charge < -0.3 is 5.21 Å². The lowest BCUT2D eigenvalue weighted by Crippen LogP contribution is -1.96. The van der Waals surface area contributed by atoms with Crippen molar-refractivity contribution in [2.45, 2.75) is 51.9 Å². The minimum Gasteiger partial charge on any atom is -0.411 e. The maximum absolute atomic E-state index is 10.5. The van der Waals surface area contributed by atoms with Crippen LogP contribution in [-0.4, -0.2) is 15.2 Å². The first-order chi connectivity index (χ1) is 16.8. The van der Waals surface area contributed by atoms with Crippen LogP contribution < -0.4 is 0 Å². The summed E-state index contributed by atoms with van der Waals surface area (Å²) < 4.78 is 0. The molecule has 174 valence electrons. The first-order valence-corrected chi connectivity index (χ1v) is 12.1. The van der Waals surface area contributed by atoms with E-state index in [4.69, 9.17) is 5.26 Å². The molecule has 4 rings (SSSR count). The molecule has 0 bridgehead atoms. The summed E-state index contributed by atoms with van der Waals surface area (Å²) in [4.78, 5) is 0.986. The van der Waals surface area contributed by atoms with Gasteiger partial charge in [-0.3, -0.25) is 0 Å². The Bertz CT molecular complexity index is 1150. The summed E-state index contributed by atoms with van der Waals surface area (Å²) in [5.41, 5.74) is 5.31. The van der Waals surface area contributed by atoms with Gasteiger partial charge in [-0.1, -0.05) is 130 Å². The van der Waals surface area contributed by atoms with E-state index in [9.17, 15) is 5.21 Å². The second kappa shape index (κ2) is 13.6. The molecule has 0 aliphatic carbocycles. The van der Waals surface area contributed by atoms with E-state index < -0.39 is 0 Å². The molecule has 1 N–H and O–H groups in total. The van der Waals surface area contributed by atoms with E-state index in [2.05, 4.69) is 18.1 Å². The first kappa shape index (κ1) is 24.8. The van der Waals surface area contributed by atoms with Crippen molar-refractivity contribution >= 4 is 0 Å². The lowest BCUT2D eigenvalue weighted by Gasteiger charge is -2.07. The molecule has 0 aliphatic rings. The van der Waals surface area contributed by atoms with Gasteiger partial charge in [0, 0.05) is 23.1 Å². The quantitative estimate of drug-likeness (QED) is 0.205. The molecule has 0 atom stereocenters. The number of rotatable bonds is 9. The minimum atomic E-state index is 0.695. The molecule has 0 saturated carbocycles. The van der Waals surface area contributed by atoms with E-state index >= 15 is 0 Å². The SMILES string of the molecule is CCCCCCCCC#N.On1nc(-c2ccccc2)c(-c2ccccc2)c1-c1ccccc1. The number of hydrogen-bond donors (Lipinski definition) is 1. The summed E-state index contributed by atoms with van der Waals surface area (Å²) in [5.74, 6) is 0. The van der Waals surface area contributed by atoms with E-state index in [1.54, 1.807) is 0 Å². The van der Waals surface area contributed by atoms with E-state index in [0.29, 0.717) is 5.69 Å². The smallest absolute Gasteiger partial charge is 0.118 e. The van der Waals surface area contributed by atoms with Gasteiger partial charge in [-0.2, -0.15) is 5.26 Å². The van der Waals surface area contributed by atoms with Gasteiger partial charge in [-0.25, -0.2) is 0 Å². The van der Waals surface area contributed by atoms with Gasteiger partial charge in [0.2, 0.25) is 0 Å². The lowest BCUT2D eigenvalue weighted by molar-refractivity contribution is 0.154.